The Balaban J connectivity index is 3.33. The molecule has 12 heavy (non-hydrogen) atoms. The van der Waals surface area contributed by atoms with Crippen LogP contribution in [0.2, 0.25) is 5.02 Å². The molecule has 0 bridgehead atoms. The van der Waals surface area contributed by atoms with Crippen LogP contribution in [-0.4, -0.2) is 9.91 Å². The molecule has 0 fully saturated rings. The van der Waals surface area contributed by atoms with Gasteiger partial charge in [-0.1, -0.05) is 11.6 Å². The van der Waals surface area contributed by atoms with E-state index in [4.69, 9.17) is 11.6 Å². The van der Waals surface area contributed by atoms with Crippen LogP contribution < -0.4 is 0 Å². The van der Waals surface area contributed by atoms with Crippen LogP contribution in [0.4, 0.5) is 5.82 Å². The normalized spacial score (nSPS) is 9.92. The lowest BCUT2D eigenvalue weighted by Crippen LogP contribution is -1.96. The first-order valence-corrected chi connectivity index (χ1v) is 3.68. The fourth-order valence-corrected chi connectivity index (χ4v) is 1.06. The summed E-state index contributed by atoms with van der Waals surface area (Å²) in [5, 5.41) is 10.4. The van der Waals surface area contributed by atoms with Gasteiger partial charge in [-0.3, -0.25) is 0 Å². The Bertz CT molecular complexity index is 338. The highest BCUT2D eigenvalue weighted by atomic mass is 35.5. The molecule has 0 aliphatic carbocycles. The van der Waals surface area contributed by atoms with Crippen LogP contribution in [0, 0.1) is 24.0 Å². The van der Waals surface area contributed by atoms with Gasteiger partial charge in [-0.05, 0) is 28.5 Å². The highest BCUT2D eigenvalue weighted by Gasteiger charge is 2.15. The van der Waals surface area contributed by atoms with Gasteiger partial charge >= 0.3 is 5.82 Å². The molecule has 1 aromatic rings. The van der Waals surface area contributed by atoms with Gasteiger partial charge in [0.25, 0.3) is 0 Å². The quantitative estimate of drug-likeness (QED) is 0.499. The molecule has 1 aromatic heterocycles. The van der Waals surface area contributed by atoms with E-state index in [1.165, 1.54) is 0 Å². The van der Waals surface area contributed by atoms with Crippen molar-refractivity contribution >= 4 is 17.4 Å². The molecule has 0 aliphatic heterocycles. The highest BCUT2D eigenvalue weighted by Crippen LogP contribution is 2.23. The van der Waals surface area contributed by atoms with Crippen LogP contribution in [0.5, 0.6) is 0 Å². The molecule has 0 N–H and O–H groups in total. The average molecular weight is 187 g/mol. The van der Waals surface area contributed by atoms with Gasteiger partial charge in [-0.15, -0.1) is 0 Å². The molecule has 1 heterocycles. The van der Waals surface area contributed by atoms with E-state index in [-0.39, 0.29) is 10.8 Å². The van der Waals surface area contributed by atoms with E-state index in [0.717, 1.165) is 5.56 Å². The van der Waals surface area contributed by atoms with Gasteiger partial charge in [-0.25, -0.2) is 0 Å². The Hall–Kier alpha value is -1.16. The van der Waals surface area contributed by atoms with E-state index in [2.05, 4.69) is 4.98 Å². The number of hydrogen-bond donors (Lipinski definition) is 0. The van der Waals surface area contributed by atoms with Crippen LogP contribution in [0.15, 0.2) is 6.07 Å². The van der Waals surface area contributed by atoms with Crippen molar-refractivity contribution in [3.63, 3.8) is 0 Å². The zero-order chi connectivity index (χ0) is 9.30. The minimum absolute atomic E-state index is 0.0862. The number of aromatic nitrogens is 1. The molecule has 4 nitrogen and oxygen atoms in total. The van der Waals surface area contributed by atoms with Crippen LogP contribution in [-0.2, 0) is 0 Å². The molecule has 1 rings (SSSR count). The van der Waals surface area contributed by atoms with Crippen molar-refractivity contribution in [1.29, 1.82) is 0 Å². The SMILES string of the molecule is Cc1cc(Cl)c([N+](=O)[O-])nc1C. The fourth-order valence-electron chi connectivity index (χ4n) is 0.788. The maximum atomic E-state index is 10.3. The minimum atomic E-state index is -0.589. The molecule has 0 saturated heterocycles. The Labute approximate surface area is 74.3 Å². The maximum Gasteiger partial charge on any atom is 0.382 e. The summed E-state index contributed by atoms with van der Waals surface area (Å²) >= 11 is 5.59. The van der Waals surface area contributed by atoms with Gasteiger partial charge in [0.1, 0.15) is 5.02 Å². The lowest BCUT2D eigenvalue weighted by Gasteiger charge is -1.97. The van der Waals surface area contributed by atoms with Gasteiger partial charge < -0.3 is 10.1 Å². The van der Waals surface area contributed by atoms with Gasteiger partial charge in [0.15, 0.2) is 5.69 Å². The number of hydrogen-bond acceptors (Lipinski definition) is 3. The summed E-state index contributed by atoms with van der Waals surface area (Å²) in [4.78, 5) is 13.5. The number of aryl methyl sites for hydroxylation is 2. The summed E-state index contributed by atoms with van der Waals surface area (Å²) in [5.74, 6) is -0.278. The lowest BCUT2D eigenvalue weighted by atomic mass is 10.2. The van der Waals surface area contributed by atoms with Crippen molar-refractivity contribution in [2.24, 2.45) is 0 Å². The monoisotopic (exact) mass is 186 g/mol. The maximum absolute atomic E-state index is 10.3. The minimum Gasteiger partial charge on any atom is -0.358 e. The predicted molar refractivity (Wildman–Crippen MR) is 45.4 cm³/mol. The molecule has 0 amide bonds. The average Bonchev–Trinajstić information content (AvgIpc) is 1.96. The van der Waals surface area contributed by atoms with Crippen LogP contribution in [0.1, 0.15) is 11.3 Å². The molecule has 5 heteroatoms. The molecule has 0 unspecified atom stereocenters. The van der Waals surface area contributed by atoms with Crippen LogP contribution in [0.25, 0.3) is 0 Å². The first-order chi connectivity index (χ1) is 5.52. The van der Waals surface area contributed by atoms with E-state index in [1.807, 2.05) is 0 Å². The third kappa shape index (κ3) is 1.53. The Morgan fingerprint density at radius 3 is 2.67 bits per heavy atom. The number of halogens is 1. The second-order valence-corrected chi connectivity index (χ2v) is 2.86. The zero-order valence-corrected chi connectivity index (χ0v) is 7.42. The Morgan fingerprint density at radius 2 is 2.17 bits per heavy atom. The first kappa shape index (κ1) is 8.93. The molecule has 64 valence electrons. The molecule has 0 spiro atoms. The van der Waals surface area contributed by atoms with Crippen molar-refractivity contribution < 1.29 is 4.92 Å². The highest BCUT2D eigenvalue weighted by molar-refractivity contribution is 6.32. The van der Waals surface area contributed by atoms with Gasteiger partial charge in [-0.2, -0.15) is 0 Å². The van der Waals surface area contributed by atoms with Crippen molar-refractivity contribution in [1.82, 2.24) is 4.98 Å². The number of nitrogens with zero attached hydrogens (tertiary/aromatic N) is 2. The molecular weight excluding hydrogens is 180 g/mol. The smallest absolute Gasteiger partial charge is 0.358 e. The molecule has 0 atom stereocenters. The summed E-state index contributed by atoms with van der Waals surface area (Å²) < 4.78 is 0. The summed E-state index contributed by atoms with van der Waals surface area (Å²) in [6, 6.07) is 1.54. The van der Waals surface area contributed by atoms with Crippen LogP contribution >= 0.6 is 11.6 Å². The molecule has 0 aromatic carbocycles. The first-order valence-electron chi connectivity index (χ1n) is 3.30. The largest absolute Gasteiger partial charge is 0.382 e. The third-order valence-corrected chi connectivity index (χ3v) is 1.85. The number of rotatable bonds is 1. The second-order valence-electron chi connectivity index (χ2n) is 2.45. The number of nitro groups is 1. The summed E-state index contributed by atoms with van der Waals surface area (Å²) in [6.45, 7) is 3.51. The zero-order valence-electron chi connectivity index (χ0n) is 6.67. The number of pyridine rings is 1. The fraction of sp³-hybridized carbons (Fsp3) is 0.286. The van der Waals surface area contributed by atoms with E-state index < -0.39 is 4.92 Å². The summed E-state index contributed by atoms with van der Waals surface area (Å²) in [6.07, 6.45) is 0. The Morgan fingerprint density at radius 1 is 1.58 bits per heavy atom. The van der Waals surface area contributed by atoms with E-state index in [9.17, 15) is 10.1 Å². The predicted octanol–water partition coefficient (Wildman–Crippen LogP) is 2.26. The topological polar surface area (TPSA) is 56.0 Å². The van der Waals surface area contributed by atoms with Crippen molar-refractivity contribution in [3.8, 4) is 0 Å². The van der Waals surface area contributed by atoms with Crippen molar-refractivity contribution in [2.45, 2.75) is 13.8 Å². The van der Waals surface area contributed by atoms with E-state index >= 15 is 0 Å². The summed E-state index contributed by atoms with van der Waals surface area (Å²) in [7, 11) is 0. The Kier molecular flexibility index (Phi) is 2.28. The van der Waals surface area contributed by atoms with Crippen molar-refractivity contribution in [3.05, 3.63) is 32.5 Å². The molecule has 0 saturated carbocycles. The second kappa shape index (κ2) is 3.06. The van der Waals surface area contributed by atoms with Crippen LogP contribution in [0.3, 0.4) is 0 Å². The molecular formula is C7H7ClN2O2. The lowest BCUT2D eigenvalue weighted by molar-refractivity contribution is -0.389. The van der Waals surface area contributed by atoms with E-state index in [0.29, 0.717) is 5.69 Å². The standard InChI is InChI=1S/C7H7ClN2O2/c1-4-3-6(8)7(10(11)12)9-5(4)2/h3H,1-2H3. The third-order valence-electron chi connectivity index (χ3n) is 1.57. The van der Waals surface area contributed by atoms with Gasteiger partial charge in [0, 0.05) is 6.92 Å². The summed E-state index contributed by atoms with van der Waals surface area (Å²) in [5.41, 5.74) is 1.48. The van der Waals surface area contributed by atoms with Gasteiger partial charge in [0.05, 0.1) is 0 Å². The molecule has 0 radical (unpaired) electrons. The van der Waals surface area contributed by atoms with E-state index in [1.54, 1.807) is 19.9 Å². The van der Waals surface area contributed by atoms with Crippen molar-refractivity contribution in [2.75, 3.05) is 0 Å². The van der Waals surface area contributed by atoms with Gasteiger partial charge in [0.2, 0.25) is 0 Å². The molecule has 0 aliphatic rings.